The zero-order valence-electron chi connectivity index (χ0n) is 16.1. The fourth-order valence-corrected chi connectivity index (χ4v) is 4.62. The van der Waals surface area contributed by atoms with Crippen molar-refractivity contribution in [3.8, 4) is 0 Å². The fraction of sp³-hybridized carbons (Fsp3) is 0.227. The predicted octanol–water partition coefficient (Wildman–Crippen LogP) is 4.82. The van der Waals surface area contributed by atoms with Crippen molar-refractivity contribution in [3.05, 3.63) is 75.5 Å². The standard InChI is InChI=1S/C22H20FN3O2S/c1-12-9-13(2)11-16(10-12)24-21(28)17-7-8-18-19(17)25-22(29-18)26-20(27)14-3-5-15(23)6-4-14/h3-6,9-11,17H,7-8H2,1-2H3,(H,24,28)(H,25,26,27). The SMILES string of the molecule is Cc1cc(C)cc(NC(=O)C2CCc3sc(NC(=O)c4ccc(F)cc4)nc32)c1. The largest absolute Gasteiger partial charge is 0.325 e. The van der Waals surface area contributed by atoms with E-state index < -0.39 is 5.82 Å². The monoisotopic (exact) mass is 409 g/mol. The Labute approximate surface area is 172 Å². The number of aromatic nitrogens is 1. The number of rotatable bonds is 4. The van der Waals surface area contributed by atoms with Crippen LogP contribution in [-0.4, -0.2) is 16.8 Å². The van der Waals surface area contributed by atoms with Crippen molar-refractivity contribution in [2.24, 2.45) is 0 Å². The molecule has 0 radical (unpaired) electrons. The van der Waals surface area contributed by atoms with Crippen LogP contribution in [0.25, 0.3) is 0 Å². The molecule has 1 aromatic heterocycles. The zero-order chi connectivity index (χ0) is 20.5. The van der Waals surface area contributed by atoms with Gasteiger partial charge in [0.25, 0.3) is 5.91 Å². The van der Waals surface area contributed by atoms with Crippen LogP contribution in [0.15, 0.2) is 42.5 Å². The van der Waals surface area contributed by atoms with Crippen LogP contribution in [0.3, 0.4) is 0 Å². The van der Waals surface area contributed by atoms with Crippen LogP contribution in [0.5, 0.6) is 0 Å². The summed E-state index contributed by atoms with van der Waals surface area (Å²) in [6.45, 7) is 3.99. The maximum Gasteiger partial charge on any atom is 0.257 e. The van der Waals surface area contributed by atoms with E-state index in [1.54, 1.807) is 0 Å². The van der Waals surface area contributed by atoms with Gasteiger partial charge in [-0.15, -0.1) is 11.3 Å². The highest BCUT2D eigenvalue weighted by molar-refractivity contribution is 7.16. The summed E-state index contributed by atoms with van der Waals surface area (Å²) in [6.07, 6.45) is 1.46. The summed E-state index contributed by atoms with van der Waals surface area (Å²) in [6, 6.07) is 11.3. The minimum atomic E-state index is -0.396. The fourth-order valence-electron chi connectivity index (χ4n) is 3.58. The van der Waals surface area contributed by atoms with Crippen LogP contribution < -0.4 is 10.6 Å². The Morgan fingerprint density at radius 1 is 1.07 bits per heavy atom. The van der Waals surface area contributed by atoms with E-state index in [0.29, 0.717) is 17.1 Å². The minimum Gasteiger partial charge on any atom is -0.325 e. The van der Waals surface area contributed by atoms with Gasteiger partial charge in [0.05, 0.1) is 11.6 Å². The third kappa shape index (κ3) is 4.19. The molecule has 0 saturated carbocycles. The number of hydrogen-bond donors (Lipinski definition) is 2. The van der Waals surface area contributed by atoms with E-state index in [0.717, 1.165) is 33.8 Å². The lowest BCUT2D eigenvalue weighted by Gasteiger charge is -2.12. The van der Waals surface area contributed by atoms with Crippen molar-refractivity contribution in [1.29, 1.82) is 0 Å². The molecule has 0 bridgehead atoms. The average Bonchev–Trinajstić information content (AvgIpc) is 3.21. The third-order valence-corrected chi connectivity index (χ3v) is 5.90. The Morgan fingerprint density at radius 3 is 2.45 bits per heavy atom. The number of carbonyl (C=O) groups excluding carboxylic acids is 2. The summed E-state index contributed by atoms with van der Waals surface area (Å²) in [5.41, 5.74) is 4.04. The molecule has 0 fully saturated rings. The Morgan fingerprint density at radius 2 is 1.76 bits per heavy atom. The van der Waals surface area contributed by atoms with Gasteiger partial charge in [0, 0.05) is 16.1 Å². The van der Waals surface area contributed by atoms with Gasteiger partial charge in [-0.05, 0) is 74.2 Å². The van der Waals surface area contributed by atoms with Crippen LogP contribution in [0.1, 0.15) is 44.4 Å². The number of benzene rings is 2. The average molecular weight is 409 g/mol. The van der Waals surface area contributed by atoms with Crippen LogP contribution >= 0.6 is 11.3 Å². The number of thiazole rings is 1. The second-order valence-corrected chi connectivity index (χ2v) is 8.33. The van der Waals surface area contributed by atoms with Crippen molar-refractivity contribution in [3.63, 3.8) is 0 Å². The van der Waals surface area contributed by atoms with Crippen molar-refractivity contribution in [2.45, 2.75) is 32.6 Å². The lowest BCUT2D eigenvalue weighted by Crippen LogP contribution is -2.20. The molecule has 0 aliphatic heterocycles. The molecule has 4 rings (SSSR count). The second kappa shape index (κ2) is 7.75. The van der Waals surface area contributed by atoms with E-state index in [2.05, 4.69) is 21.7 Å². The Kier molecular flexibility index (Phi) is 5.15. The van der Waals surface area contributed by atoms with Gasteiger partial charge >= 0.3 is 0 Å². The second-order valence-electron chi connectivity index (χ2n) is 7.25. The topological polar surface area (TPSA) is 71.1 Å². The van der Waals surface area contributed by atoms with Crippen LogP contribution in [0, 0.1) is 19.7 Å². The Bertz CT molecular complexity index is 1070. The number of nitrogens with zero attached hydrogens (tertiary/aromatic N) is 1. The van der Waals surface area contributed by atoms with Gasteiger partial charge in [-0.3, -0.25) is 14.9 Å². The highest BCUT2D eigenvalue weighted by atomic mass is 32.1. The van der Waals surface area contributed by atoms with Gasteiger partial charge in [0.2, 0.25) is 5.91 Å². The quantitative estimate of drug-likeness (QED) is 0.649. The Hall–Kier alpha value is -3.06. The van der Waals surface area contributed by atoms with Gasteiger partial charge < -0.3 is 5.32 Å². The molecule has 1 atom stereocenters. The number of halogens is 1. The number of hydrogen-bond acceptors (Lipinski definition) is 4. The lowest BCUT2D eigenvalue weighted by molar-refractivity contribution is -0.117. The number of carbonyl (C=O) groups is 2. The minimum absolute atomic E-state index is 0.0875. The molecule has 0 saturated heterocycles. The molecule has 2 aromatic carbocycles. The van der Waals surface area contributed by atoms with Crippen LogP contribution in [0.4, 0.5) is 15.2 Å². The molecule has 3 aromatic rings. The first-order chi connectivity index (χ1) is 13.9. The molecule has 2 N–H and O–H groups in total. The zero-order valence-corrected chi connectivity index (χ0v) is 16.9. The molecule has 2 amide bonds. The molecule has 7 heteroatoms. The summed E-state index contributed by atoms with van der Waals surface area (Å²) in [4.78, 5) is 30.7. The maximum atomic E-state index is 13.0. The lowest BCUT2D eigenvalue weighted by atomic mass is 10.1. The van der Waals surface area contributed by atoms with Crippen molar-refractivity contribution < 1.29 is 14.0 Å². The number of fused-ring (bicyclic) bond motifs is 1. The predicted molar refractivity (Wildman–Crippen MR) is 112 cm³/mol. The smallest absolute Gasteiger partial charge is 0.257 e. The normalized spacial score (nSPS) is 15.1. The van der Waals surface area contributed by atoms with Crippen molar-refractivity contribution in [1.82, 2.24) is 4.98 Å². The van der Waals surface area contributed by atoms with E-state index in [1.807, 2.05) is 26.0 Å². The van der Waals surface area contributed by atoms with Crippen molar-refractivity contribution >= 4 is 34.0 Å². The molecule has 0 spiro atoms. The van der Waals surface area contributed by atoms with E-state index in [1.165, 1.54) is 35.6 Å². The molecule has 5 nitrogen and oxygen atoms in total. The molecule has 148 valence electrons. The van der Waals surface area contributed by atoms with Gasteiger partial charge in [-0.25, -0.2) is 9.37 Å². The highest BCUT2D eigenvalue weighted by Crippen LogP contribution is 2.39. The number of nitrogens with one attached hydrogen (secondary N) is 2. The van der Waals surface area contributed by atoms with E-state index in [4.69, 9.17) is 0 Å². The summed E-state index contributed by atoms with van der Waals surface area (Å²) in [5, 5.41) is 6.19. The van der Waals surface area contributed by atoms with E-state index in [9.17, 15) is 14.0 Å². The van der Waals surface area contributed by atoms with E-state index in [-0.39, 0.29) is 17.7 Å². The van der Waals surface area contributed by atoms with Crippen LogP contribution in [0.2, 0.25) is 0 Å². The molecular formula is C22H20FN3O2S. The molecule has 1 heterocycles. The highest BCUT2D eigenvalue weighted by Gasteiger charge is 2.33. The maximum absolute atomic E-state index is 13.0. The molecule has 29 heavy (non-hydrogen) atoms. The third-order valence-electron chi connectivity index (χ3n) is 4.85. The number of aryl methyl sites for hydroxylation is 3. The summed E-state index contributed by atoms with van der Waals surface area (Å²) in [5.74, 6) is -1.17. The summed E-state index contributed by atoms with van der Waals surface area (Å²) < 4.78 is 13.0. The molecular weight excluding hydrogens is 389 g/mol. The van der Waals surface area contributed by atoms with E-state index >= 15 is 0 Å². The summed E-state index contributed by atoms with van der Waals surface area (Å²) in [7, 11) is 0. The number of amides is 2. The molecule has 1 aliphatic carbocycles. The van der Waals surface area contributed by atoms with Gasteiger partial charge in [-0.1, -0.05) is 6.07 Å². The van der Waals surface area contributed by atoms with Crippen molar-refractivity contribution in [2.75, 3.05) is 10.6 Å². The van der Waals surface area contributed by atoms with Gasteiger partial charge in [0.15, 0.2) is 5.13 Å². The first-order valence-corrected chi connectivity index (χ1v) is 10.2. The number of anilines is 2. The Balaban J connectivity index is 1.47. The first kappa shape index (κ1) is 19.3. The van der Waals surface area contributed by atoms with Crippen LogP contribution in [-0.2, 0) is 11.2 Å². The summed E-state index contributed by atoms with van der Waals surface area (Å²) >= 11 is 1.38. The molecule has 1 aliphatic rings. The molecule has 1 unspecified atom stereocenters. The first-order valence-electron chi connectivity index (χ1n) is 9.35. The van der Waals surface area contributed by atoms with Gasteiger partial charge in [-0.2, -0.15) is 0 Å². The van der Waals surface area contributed by atoms with Gasteiger partial charge in [0.1, 0.15) is 5.82 Å².